The van der Waals surface area contributed by atoms with Gasteiger partial charge in [0.25, 0.3) is 0 Å². The van der Waals surface area contributed by atoms with Gasteiger partial charge in [-0.25, -0.2) is 0 Å². The Morgan fingerprint density at radius 3 is 2.80 bits per heavy atom. The van der Waals surface area contributed by atoms with E-state index in [0.717, 1.165) is 18.5 Å². The zero-order valence-electron chi connectivity index (χ0n) is 10.5. The van der Waals surface area contributed by atoms with E-state index in [2.05, 4.69) is 18.7 Å². The minimum Gasteiger partial charge on any atom is -0.330 e. The van der Waals surface area contributed by atoms with Gasteiger partial charge >= 0.3 is 0 Å². The Morgan fingerprint density at radius 2 is 2.13 bits per heavy atom. The molecule has 2 heteroatoms. The van der Waals surface area contributed by atoms with E-state index in [-0.39, 0.29) is 0 Å². The van der Waals surface area contributed by atoms with E-state index in [1.54, 1.807) is 0 Å². The summed E-state index contributed by atoms with van der Waals surface area (Å²) in [7, 11) is 0. The van der Waals surface area contributed by atoms with Gasteiger partial charge in [0.15, 0.2) is 0 Å². The van der Waals surface area contributed by atoms with E-state index in [1.807, 2.05) is 0 Å². The highest BCUT2D eigenvalue weighted by Crippen LogP contribution is 2.22. The largest absolute Gasteiger partial charge is 0.330 e. The minimum atomic E-state index is 0.740. The van der Waals surface area contributed by atoms with Crippen LogP contribution in [0.1, 0.15) is 52.4 Å². The maximum atomic E-state index is 5.56. The first-order chi connectivity index (χ1) is 7.27. The van der Waals surface area contributed by atoms with Gasteiger partial charge in [-0.2, -0.15) is 0 Å². The molecule has 0 saturated carbocycles. The van der Waals surface area contributed by atoms with E-state index in [9.17, 15) is 0 Å². The topological polar surface area (TPSA) is 29.3 Å². The maximum Gasteiger partial charge on any atom is 0.00674 e. The molecule has 1 aliphatic heterocycles. The van der Waals surface area contributed by atoms with Crippen LogP contribution in [0.25, 0.3) is 0 Å². The van der Waals surface area contributed by atoms with Crippen molar-refractivity contribution >= 4 is 0 Å². The molecule has 0 amide bonds. The first kappa shape index (κ1) is 13.0. The Hall–Kier alpha value is -0.0800. The van der Waals surface area contributed by atoms with Gasteiger partial charge in [-0.15, -0.1) is 0 Å². The van der Waals surface area contributed by atoms with Gasteiger partial charge in [0.2, 0.25) is 0 Å². The summed E-state index contributed by atoms with van der Waals surface area (Å²) in [5, 5.41) is 0. The average Bonchev–Trinajstić information content (AvgIpc) is 2.50. The summed E-state index contributed by atoms with van der Waals surface area (Å²) >= 11 is 0. The lowest BCUT2D eigenvalue weighted by Gasteiger charge is -2.27. The van der Waals surface area contributed by atoms with Crippen molar-refractivity contribution in [2.24, 2.45) is 11.7 Å². The van der Waals surface area contributed by atoms with E-state index >= 15 is 0 Å². The van der Waals surface area contributed by atoms with Crippen LogP contribution >= 0.6 is 0 Å². The van der Waals surface area contributed by atoms with Crippen molar-refractivity contribution in [1.82, 2.24) is 4.90 Å². The Balaban J connectivity index is 2.29. The number of likely N-dealkylation sites (tertiary alicyclic amines) is 1. The molecule has 0 spiro atoms. The lowest BCUT2D eigenvalue weighted by molar-refractivity contribution is 0.202. The van der Waals surface area contributed by atoms with E-state index < -0.39 is 0 Å². The van der Waals surface area contributed by atoms with Crippen molar-refractivity contribution in [1.29, 1.82) is 0 Å². The van der Waals surface area contributed by atoms with Crippen LogP contribution in [0.2, 0.25) is 0 Å². The molecule has 0 radical (unpaired) electrons. The zero-order valence-corrected chi connectivity index (χ0v) is 10.5. The van der Waals surface area contributed by atoms with Gasteiger partial charge in [0.05, 0.1) is 0 Å². The third-order valence-corrected chi connectivity index (χ3v) is 3.91. The summed E-state index contributed by atoms with van der Waals surface area (Å²) in [6.07, 6.45) is 8.05. The van der Waals surface area contributed by atoms with Crippen molar-refractivity contribution in [2.75, 3.05) is 19.6 Å². The van der Waals surface area contributed by atoms with Crippen molar-refractivity contribution < 1.29 is 0 Å². The number of nitrogens with two attached hydrogens (primary N) is 1. The Morgan fingerprint density at radius 1 is 1.33 bits per heavy atom. The lowest BCUT2D eigenvalue weighted by Crippen LogP contribution is -2.34. The number of rotatable bonds is 5. The van der Waals surface area contributed by atoms with Gasteiger partial charge < -0.3 is 10.6 Å². The van der Waals surface area contributed by atoms with Crippen LogP contribution in [0.4, 0.5) is 0 Å². The van der Waals surface area contributed by atoms with Crippen LogP contribution < -0.4 is 5.73 Å². The molecule has 0 bridgehead atoms. The van der Waals surface area contributed by atoms with Crippen LogP contribution in [0.3, 0.4) is 0 Å². The van der Waals surface area contributed by atoms with Gasteiger partial charge in [-0.05, 0) is 64.6 Å². The third-order valence-electron chi connectivity index (χ3n) is 3.91. The highest BCUT2D eigenvalue weighted by Gasteiger charge is 2.18. The minimum absolute atomic E-state index is 0.740. The molecule has 2 nitrogen and oxygen atoms in total. The highest BCUT2D eigenvalue weighted by molar-refractivity contribution is 4.73. The second-order valence-corrected chi connectivity index (χ2v) is 5.02. The van der Waals surface area contributed by atoms with Crippen molar-refractivity contribution in [3.8, 4) is 0 Å². The van der Waals surface area contributed by atoms with Gasteiger partial charge in [-0.1, -0.05) is 13.3 Å². The van der Waals surface area contributed by atoms with Gasteiger partial charge in [-0.3, -0.25) is 0 Å². The van der Waals surface area contributed by atoms with E-state index in [1.165, 1.54) is 51.6 Å². The fraction of sp³-hybridized carbons (Fsp3) is 1.00. The molecule has 15 heavy (non-hydrogen) atoms. The molecular weight excluding hydrogens is 184 g/mol. The molecule has 2 atom stereocenters. The second-order valence-electron chi connectivity index (χ2n) is 5.02. The molecule has 1 heterocycles. The highest BCUT2D eigenvalue weighted by atomic mass is 15.1. The van der Waals surface area contributed by atoms with Gasteiger partial charge in [0.1, 0.15) is 0 Å². The summed E-state index contributed by atoms with van der Waals surface area (Å²) in [5.41, 5.74) is 5.56. The SMILES string of the molecule is CCC1CCCN(C(C)CCCN)CC1. The summed E-state index contributed by atoms with van der Waals surface area (Å²) in [5.74, 6) is 0.983. The first-order valence-electron chi connectivity index (χ1n) is 6.72. The van der Waals surface area contributed by atoms with Crippen LogP contribution in [0.15, 0.2) is 0 Å². The monoisotopic (exact) mass is 212 g/mol. The molecular formula is C13H28N2. The Kier molecular flexibility index (Phi) is 6.26. The maximum absolute atomic E-state index is 5.56. The average molecular weight is 212 g/mol. The Bertz CT molecular complexity index is 159. The second kappa shape index (κ2) is 7.24. The third kappa shape index (κ3) is 4.52. The van der Waals surface area contributed by atoms with Crippen LogP contribution in [0, 0.1) is 5.92 Å². The summed E-state index contributed by atoms with van der Waals surface area (Å²) in [4.78, 5) is 2.67. The molecule has 1 saturated heterocycles. The van der Waals surface area contributed by atoms with Crippen molar-refractivity contribution in [2.45, 2.75) is 58.4 Å². The van der Waals surface area contributed by atoms with E-state index in [0.29, 0.717) is 0 Å². The summed E-state index contributed by atoms with van der Waals surface area (Å²) in [6.45, 7) is 8.16. The standard InChI is InChI=1S/C13H28N2/c1-3-13-7-5-10-15(11-8-13)12(2)6-4-9-14/h12-13H,3-11,14H2,1-2H3. The smallest absolute Gasteiger partial charge is 0.00674 e. The van der Waals surface area contributed by atoms with Crippen molar-refractivity contribution in [3.05, 3.63) is 0 Å². The number of hydrogen-bond donors (Lipinski definition) is 1. The molecule has 1 rings (SSSR count). The lowest BCUT2D eigenvalue weighted by atomic mass is 9.98. The molecule has 1 fully saturated rings. The number of hydrogen-bond acceptors (Lipinski definition) is 2. The predicted molar refractivity (Wildman–Crippen MR) is 67.0 cm³/mol. The molecule has 2 unspecified atom stereocenters. The van der Waals surface area contributed by atoms with Gasteiger partial charge in [0, 0.05) is 6.04 Å². The van der Waals surface area contributed by atoms with Crippen LogP contribution in [-0.2, 0) is 0 Å². The fourth-order valence-corrected chi connectivity index (χ4v) is 2.63. The Labute approximate surface area is 95.2 Å². The predicted octanol–water partition coefficient (Wildman–Crippen LogP) is 2.63. The molecule has 2 N–H and O–H groups in total. The molecule has 0 aromatic carbocycles. The normalized spacial score (nSPS) is 26.2. The quantitative estimate of drug-likeness (QED) is 0.759. The molecule has 0 aromatic heterocycles. The molecule has 0 aliphatic carbocycles. The summed E-state index contributed by atoms with van der Waals surface area (Å²) < 4.78 is 0. The zero-order chi connectivity index (χ0) is 11.1. The number of nitrogens with zero attached hydrogens (tertiary/aromatic N) is 1. The van der Waals surface area contributed by atoms with Crippen LogP contribution in [0.5, 0.6) is 0 Å². The van der Waals surface area contributed by atoms with Crippen LogP contribution in [-0.4, -0.2) is 30.6 Å². The van der Waals surface area contributed by atoms with Crippen molar-refractivity contribution in [3.63, 3.8) is 0 Å². The first-order valence-corrected chi connectivity index (χ1v) is 6.72. The fourth-order valence-electron chi connectivity index (χ4n) is 2.63. The molecule has 0 aromatic rings. The van der Waals surface area contributed by atoms with E-state index in [4.69, 9.17) is 5.73 Å². The summed E-state index contributed by atoms with van der Waals surface area (Å²) in [6, 6.07) is 0.740. The molecule has 1 aliphatic rings. The molecule has 90 valence electrons.